The summed E-state index contributed by atoms with van der Waals surface area (Å²) in [5.74, 6) is -0.181. The van der Waals surface area contributed by atoms with Crippen LogP contribution in [-0.4, -0.2) is 68.0 Å². The number of anilines is 2. The van der Waals surface area contributed by atoms with Crippen molar-refractivity contribution in [3.63, 3.8) is 0 Å². The molecule has 2 N–H and O–H groups in total. The Kier molecular flexibility index (Phi) is 7.11. The van der Waals surface area contributed by atoms with Gasteiger partial charge in [-0.25, -0.2) is 0 Å². The summed E-state index contributed by atoms with van der Waals surface area (Å²) >= 11 is 1.53. The molecule has 1 fully saturated rings. The summed E-state index contributed by atoms with van der Waals surface area (Å²) in [7, 11) is 0. The monoisotopic (exact) mass is 440 g/mol. The first-order valence-electron chi connectivity index (χ1n) is 10.7. The molecule has 1 atom stereocenters. The Labute approximate surface area is 187 Å². The molecule has 164 valence electrons. The van der Waals surface area contributed by atoms with E-state index in [4.69, 9.17) is 4.74 Å². The van der Waals surface area contributed by atoms with Crippen LogP contribution in [0.2, 0.25) is 0 Å². The minimum Gasteiger partial charge on any atom is -0.379 e. The largest absolute Gasteiger partial charge is 0.379 e. The number of hydrogen-bond donors (Lipinski definition) is 2. The fourth-order valence-corrected chi connectivity index (χ4v) is 4.96. The third-order valence-corrected chi connectivity index (χ3v) is 6.86. The normalized spacial score (nSPS) is 18.7. The van der Waals surface area contributed by atoms with E-state index in [1.165, 1.54) is 11.8 Å². The molecule has 2 aliphatic rings. The highest BCUT2D eigenvalue weighted by Crippen LogP contribution is 2.37. The van der Waals surface area contributed by atoms with Crippen LogP contribution < -0.4 is 15.5 Å². The van der Waals surface area contributed by atoms with Gasteiger partial charge in [0.25, 0.3) is 11.8 Å². The van der Waals surface area contributed by atoms with Crippen LogP contribution in [-0.2, 0) is 9.53 Å². The molecule has 2 amide bonds. The molecule has 8 heteroatoms. The second kappa shape index (κ2) is 10.2. The van der Waals surface area contributed by atoms with Gasteiger partial charge in [-0.2, -0.15) is 0 Å². The van der Waals surface area contributed by atoms with E-state index in [2.05, 4.69) is 39.5 Å². The van der Waals surface area contributed by atoms with Gasteiger partial charge < -0.3 is 20.3 Å². The van der Waals surface area contributed by atoms with Crippen LogP contribution in [0.5, 0.6) is 0 Å². The average molecular weight is 441 g/mol. The first kappa shape index (κ1) is 21.7. The Morgan fingerprint density at radius 1 is 1.23 bits per heavy atom. The maximum Gasteiger partial charge on any atom is 0.252 e. The molecular weight excluding hydrogens is 412 g/mol. The van der Waals surface area contributed by atoms with Crippen LogP contribution in [0.1, 0.15) is 17.3 Å². The lowest BCUT2D eigenvalue weighted by Crippen LogP contribution is -2.48. The predicted molar refractivity (Wildman–Crippen MR) is 124 cm³/mol. The van der Waals surface area contributed by atoms with Crippen LogP contribution in [0, 0.1) is 0 Å². The molecule has 2 aromatic carbocycles. The number of fused-ring (bicyclic) bond motifs is 1. The van der Waals surface area contributed by atoms with Crippen LogP contribution in [0.15, 0.2) is 53.4 Å². The minimum atomic E-state index is -0.255. The van der Waals surface area contributed by atoms with Crippen molar-refractivity contribution in [3.8, 4) is 0 Å². The van der Waals surface area contributed by atoms with E-state index in [1.807, 2.05) is 30.3 Å². The summed E-state index contributed by atoms with van der Waals surface area (Å²) in [5, 5.41) is 5.71. The molecule has 0 unspecified atom stereocenters. The summed E-state index contributed by atoms with van der Waals surface area (Å²) in [6, 6.07) is 15.7. The molecule has 2 heterocycles. The third-order valence-electron chi connectivity index (χ3n) is 5.51. The van der Waals surface area contributed by atoms with Gasteiger partial charge in [-0.15, -0.1) is 0 Å². The molecule has 0 bridgehead atoms. The topological polar surface area (TPSA) is 73.9 Å². The van der Waals surface area contributed by atoms with Gasteiger partial charge >= 0.3 is 0 Å². The molecule has 0 aliphatic carbocycles. The molecule has 4 rings (SSSR count). The van der Waals surface area contributed by atoms with Gasteiger partial charge in [-0.1, -0.05) is 30.0 Å². The fourth-order valence-electron chi connectivity index (χ4n) is 3.81. The zero-order valence-electron chi connectivity index (χ0n) is 17.7. The number of nitrogens with zero attached hydrogens (tertiary/aromatic N) is 2. The van der Waals surface area contributed by atoms with Gasteiger partial charge in [0.15, 0.2) is 0 Å². The summed E-state index contributed by atoms with van der Waals surface area (Å²) in [6.07, 6.45) is 0. The number of hydrogen-bond acceptors (Lipinski definition) is 6. The Morgan fingerprint density at radius 2 is 2.00 bits per heavy atom. The van der Waals surface area contributed by atoms with E-state index in [0.29, 0.717) is 31.0 Å². The van der Waals surface area contributed by atoms with Crippen LogP contribution in [0.25, 0.3) is 0 Å². The van der Waals surface area contributed by atoms with Crippen molar-refractivity contribution in [2.45, 2.75) is 17.2 Å². The quantitative estimate of drug-likeness (QED) is 0.690. The molecule has 2 aromatic rings. The van der Waals surface area contributed by atoms with Gasteiger partial charge in [-0.3, -0.25) is 14.5 Å². The Morgan fingerprint density at radius 3 is 2.74 bits per heavy atom. The summed E-state index contributed by atoms with van der Waals surface area (Å²) in [4.78, 5) is 30.6. The molecule has 0 radical (unpaired) electrons. The standard InChI is InChI=1S/C23H28N4O3S/c1-2-26(18-6-4-3-5-7-18)11-10-24-21(28)17-8-9-20-19(16-17)25-22(29)23(31-20)27-12-14-30-15-13-27/h3-9,16,23H,2,10-15H2,1H3,(H,24,28)(H,25,29)/t23-/m1/s1. The van der Waals surface area contributed by atoms with Crippen LogP contribution in [0.3, 0.4) is 0 Å². The molecule has 31 heavy (non-hydrogen) atoms. The Hall–Kier alpha value is -2.55. The van der Waals surface area contributed by atoms with E-state index in [0.717, 1.165) is 36.8 Å². The number of carbonyl (C=O) groups excluding carboxylic acids is 2. The van der Waals surface area contributed by atoms with Crippen molar-refractivity contribution >= 4 is 35.0 Å². The van der Waals surface area contributed by atoms with Gasteiger partial charge in [0, 0.05) is 48.9 Å². The fraction of sp³-hybridized carbons (Fsp3) is 0.391. The van der Waals surface area contributed by atoms with Crippen molar-refractivity contribution in [3.05, 3.63) is 54.1 Å². The van der Waals surface area contributed by atoms with Gasteiger partial charge in [0.1, 0.15) is 5.37 Å². The first-order valence-corrected chi connectivity index (χ1v) is 11.5. The third kappa shape index (κ3) is 5.20. The number of para-hydroxylation sites is 1. The number of morpholine rings is 1. The van der Waals surface area contributed by atoms with E-state index in [9.17, 15) is 9.59 Å². The van der Waals surface area contributed by atoms with Crippen LogP contribution in [0.4, 0.5) is 11.4 Å². The van der Waals surface area contributed by atoms with Crippen molar-refractivity contribution in [2.75, 3.05) is 56.2 Å². The van der Waals surface area contributed by atoms with Crippen molar-refractivity contribution < 1.29 is 14.3 Å². The lowest BCUT2D eigenvalue weighted by atomic mass is 10.1. The first-order chi connectivity index (χ1) is 15.2. The van der Waals surface area contributed by atoms with E-state index >= 15 is 0 Å². The molecule has 0 spiro atoms. The number of amides is 2. The predicted octanol–water partition coefficient (Wildman–Crippen LogP) is 2.65. The number of likely N-dealkylation sites (N-methyl/N-ethyl adjacent to an activating group) is 1. The summed E-state index contributed by atoms with van der Waals surface area (Å²) in [6.45, 7) is 7.03. The van der Waals surface area contributed by atoms with Crippen molar-refractivity contribution in [2.24, 2.45) is 0 Å². The molecule has 7 nitrogen and oxygen atoms in total. The zero-order chi connectivity index (χ0) is 21.6. The molecule has 0 saturated carbocycles. The van der Waals surface area contributed by atoms with Gasteiger partial charge in [0.05, 0.1) is 18.9 Å². The van der Waals surface area contributed by atoms with Gasteiger partial charge in [0.2, 0.25) is 0 Å². The van der Waals surface area contributed by atoms with Gasteiger partial charge in [-0.05, 0) is 37.3 Å². The van der Waals surface area contributed by atoms with Crippen molar-refractivity contribution in [1.82, 2.24) is 10.2 Å². The zero-order valence-corrected chi connectivity index (χ0v) is 18.5. The second-order valence-corrected chi connectivity index (χ2v) is 8.61. The number of carbonyl (C=O) groups is 2. The van der Waals surface area contributed by atoms with E-state index in [1.54, 1.807) is 6.07 Å². The van der Waals surface area contributed by atoms with E-state index in [-0.39, 0.29) is 17.2 Å². The van der Waals surface area contributed by atoms with Crippen LogP contribution >= 0.6 is 11.8 Å². The Balaban J connectivity index is 1.35. The lowest BCUT2D eigenvalue weighted by Gasteiger charge is -2.35. The molecular formula is C23H28N4O3S. The van der Waals surface area contributed by atoms with Crippen molar-refractivity contribution in [1.29, 1.82) is 0 Å². The maximum atomic E-state index is 12.7. The highest BCUT2D eigenvalue weighted by molar-refractivity contribution is 8.00. The SMILES string of the molecule is CCN(CCNC(=O)c1ccc2c(c1)NC(=O)[C@H](N1CCOCC1)S2)c1ccccc1. The molecule has 2 aliphatic heterocycles. The maximum absolute atomic E-state index is 12.7. The number of rotatable bonds is 7. The highest BCUT2D eigenvalue weighted by atomic mass is 32.2. The number of thioether (sulfide) groups is 1. The minimum absolute atomic E-state index is 0.0431. The second-order valence-electron chi connectivity index (χ2n) is 7.49. The summed E-state index contributed by atoms with van der Waals surface area (Å²) < 4.78 is 5.39. The highest BCUT2D eigenvalue weighted by Gasteiger charge is 2.33. The van der Waals surface area contributed by atoms with E-state index < -0.39 is 0 Å². The number of nitrogens with one attached hydrogen (secondary N) is 2. The number of benzene rings is 2. The molecule has 1 saturated heterocycles. The smallest absolute Gasteiger partial charge is 0.252 e. The lowest BCUT2D eigenvalue weighted by molar-refractivity contribution is -0.119. The Bertz CT molecular complexity index is 918. The summed E-state index contributed by atoms with van der Waals surface area (Å²) in [5.41, 5.74) is 2.39. The number of ether oxygens (including phenoxy) is 1. The molecule has 0 aromatic heterocycles. The average Bonchev–Trinajstić information content (AvgIpc) is 2.82.